The fraction of sp³-hybridized carbons (Fsp3) is 0.343. The number of nitrogens with zero attached hydrogens (tertiary/aromatic N) is 2. The first-order chi connectivity index (χ1) is 19.6. The van der Waals surface area contributed by atoms with Crippen molar-refractivity contribution in [3.8, 4) is 5.75 Å². The van der Waals surface area contributed by atoms with Crippen molar-refractivity contribution in [1.29, 1.82) is 0 Å². The van der Waals surface area contributed by atoms with Crippen LogP contribution in [0.2, 0.25) is 0 Å². The molecular formula is C35H41N3O3. The highest BCUT2D eigenvalue weighted by atomic mass is 16.5. The van der Waals surface area contributed by atoms with Gasteiger partial charge in [-0.25, -0.2) is 0 Å². The molecule has 41 heavy (non-hydrogen) atoms. The van der Waals surface area contributed by atoms with Gasteiger partial charge in [-0.15, -0.1) is 0 Å². The lowest BCUT2D eigenvalue weighted by atomic mass is 9.94. The van der Waals surface area contributed by atoms with E-state index in [0.29, 0.717) is 13.1 Å². The zero-order valence-corrected chi connectivity index (χ0v) is 24.5. The van der Waals surface area contributed by atoms with Gasteiger partial charge in [0, 0.05) is 50.5 Å². The van der Waals surface area contributed by atoms with Gasteiger partial charge in [0.1, 0.15) is 17.1 Å². The number of aryl methyl sites for hydroxylation is 1. The summed E-state index contributed by atoms with van der Waals surface area (Å²) in [5.74, 6) is 1.41. The number of nitrogens with one attached hydrogen (secondary N) is 1. The molecule has 0 spiro atoms. The first kappa shape index (κ1) is 28.7. The summed E-state index contributed by atoms with van der Waals surface area (Å²) in [4.78, 5) is 16.6. The second-order valence-electron chi connectivity index (χ2n) is 11.8. The van der Waals surface area contributed by atoms with Gasteiger partial charge < -0.3 is 20.1 Å². The van der Waals surface area contributed by atoms with E-state index in [4.69, 9.17) is 4.74 Å². The standard InChI is InChI=1S/C35H41N3O3/c1-25-9-11-30-23-32(41-31-8-6-5-7-28(12-14-31)33-16-10-26(2)36-33)15-13-29(30)22-27(21-25)24-37-17-19-38(20-18-37)34(39)35(3,4)40/h5-8,12-16,21-23,36,40H,2,9-11,17-20,24H2,1,3-4H3. The number of fused-ring (bicyclic) bond motifs is 1. The maximum Gasteiger partial charge on any atom is 0.254 e. The maximum atomic E-state index is 12.5. The minimum atomic E-state index is -1.32. The van der Waals surface area contributed by atoms with Crippen LogP contribution in [0.4, 0.5) is 0 Å². The number of hydrogen-bond donors (Lipinski definition) is 2. The molecule has 4 aliphatic rings. The number of carbonyl (C=O) groups excluding carboxylic acids is 1. The smallest absolute Gasteiger partial charge is 0.254 e. The topological polar surface area (TPSA) is 65.0 Å². The molecule has 1 amide bonds. The van der Waals surface area contributed by atoms with Crippen molar-refractivity contribution in [2.75, 3.05) is 32.7 Å². The number of rotatable bonds is 6. The minimum absolute atomic E-state index is 0.196. The molecule has 2 aliphatic heterocycles. The fourth-order valence-corrected chi connectivity index (χ4v) is 5.49. The predicted octanol–water partition coefficient (Wildman–Crippen LogP) is 5.58. The van der Waals surface area contributed by atoms with Crippen molar-refractivity contribution in [3.63, 3.8) is 0 Å². The summed E-state index contributed by atoms with van der Waals surface area (Å²) in [5.41, 5.74) is 6.99. The van der Waals surface area contributed by atoms with E-state index >= 15 is 0 Å². The van der Waals surface area contributed by atoms with E-state index < -0.39 is 5.60 Å². The Morgan fingerprint density at radius 3 is 2.59 bits per heavy atom. The first-order valence-corrected chi connectivity index (χ1v) is 14.5. The number of piperazine rings is 1. The van der Waals surface area contributed by atoms with Crippen molar-refractivity contribution in [1.82, 2.24) is 15.1 Å². The molecule has 0 bridgehead atoms. The van der Waals surface area contributed by atoms with Crippen molar-refractivity contribution in [2.24, 2.45) is 0 Å². The van der Waals surface area contributed by atoms with Crippen LogP contribution in [0.1, 0.15) is 44.7 Å². The maximum absolute atomic E-state index is 12.5. The molecule has 0 atom stereocenters. The lowest BCUT2D eigenvalue weighted by Crippen LogP contribution is -2.54. The summed E-state index contributed by atoms with van der Waals surface area (Å²) in [5, 5.41) is 13.4. The quantitative estimate of drug-likeness (QED) is 0.483. The molecule has 2 N–H and O–H groups in total. The number of benzene rings is 1. The number of carbonyl (C=O) groups is 1. The summed E-state index contributed by atoms with van der Waals surface area (Å²) >= 11 is 0. The van der Waals surface area contributed by atoms with E-state index in [0.717, 1.165) is 67.4 Å². The van der Waals surface area contributed by atoms with Crippen LogP contribution in [0.5, 0.6) is 5.75 Å². The van der Waals surface area contributed by atoms with Crippen molar-refractivity contribution in [2.45, 2.75) is 45.6 Å². The van der Waals surface area contributed by atoms with Crippen LogP contribution in [0.15, 0.2) is 107 Å². The average molecular weight is 552 g/mol. The number of amides is 1. The number of hydrogen-bond acceptors (Lipinski definition) is 5. The van der Waals surface area contributed by atoms with E-state index in [2.05, 4.69) is 66.2 Å². The number of ether oxygens (including phenoxy) is 1. The fourth-order valence-electron chi connectivity index (χ4n) is 5.49. The highest BCUT2D eigenvalue weighted by Crippen LogP contribution is 2.28. The zero-order valence-electron chi connectivity index (χ0n) is 24.5. The molecule has 0 saturated carbocycles. The van der Waals surface area contributed by atoms with E-state index in [1.165, 1.54) is 22.3 Å². The van der Waals surface area contributed by atoms with Crippen LogP contribution in [-0.4, -0.2) is 59.1 Å². The van der Waals surface area contributed by atoms with Gasteiger partial charge in [0.25, 0.3) is 5.91 Å². The molecule has 6 nitrogen and oxygen atoms in total. The van der Waals surface area contributed by atoms with Gasteiger partial charge in [-0.05, 0) is 86.2 Å². The predicted molar refractivity (Wildman–Crippen MR) is 166 cm³/mol. The van der Waals surface area contributed by atoms with Gasteiger partial charge in [0.15, 0.2) is 0 Å². The highest BCUT2D eigenvalue weighted by molar-refractivity contribution is 5.84. The van der Waals surface area contributed by atoms with E-state index in [9.17, 15) is 9.90 Å². The second kappa shape index (κ2) is 12.3. The van der Waals surface area contributed by atoms with Crippen LogP contribution in [0.25, 0.3) is 6.08 Å². The van der Waals surface area contributed by atoms with E-state index in [1.807, 2.05) is 30.4 Å². The van der Waals surface area contributed by atoms with Gasteiger partial charge in [-0.1, -0.05) is 54.7 Å². The normalized spacial score (nSPS) is 19.9. The van der Waals surface area contributed by atoms with Crippen molar-refractivity contribution in [3.05, 3.63) is 118 Å². The Bertz CT molecular complexity index is 1420. The summed E-state index contributed by atoms with van der Waals surface area (Å²) in [6, 6.07) is 6.37. The molecule has 0 radical (unpaired) electrons. The summed E-state index contributed by atoms with van der Waals surface area (Å²) in [7, 11) is 0. The Kier molecular flexibility index (Phi) is 8.62. The third-order valence-corrected chi connectivity index (χ3v) is 7.75. The molecule has 5 rings (SSSR count). The molecule has 0 aromatic heterocycles. The average Bonchev–Trinajstić information content (AvgIpc) is 3.34. The van der Waals surface area contributed by atoms with Crippen LogP contribution >= 0.6 is 0 Å². The Balaban J connectivity index is 1.28. The molecule has 214 valence electrons. The number of aliphatic hydroxyl groups is 1. The Labute approximate surface area is 244 Å². The largest absolute Gasteiger partial charge is 0.457 e. The molecule has 0 unspecified atom stereocenters. The van der Waals surface area contributed by atoms with Crippen LogP contribution in [-0.2, 0) is 11.2 Å². The minimum Gasteiger partial charge on any atom is -0.457 e. The van der Waals surface area contributed by atoms with Gasteiger partial charge in [0.05, 0.1) is 0 Å². The van der Waals surface area contributed by atoms with E-state index in [-0.39, 0.29) is 5.91 Å². The third-order valence-electron chi connectivity index (χ3n) is 7.75. The van der Waals surface area contributed by atoms with Gasteiger partial charge in [-0.2, -0.15) is 0 Å². The second-order valence-corrected chi connectivity index (χ2v) is 11.8. The van der Waals surface area contributed by atoms with E-state index in [1.54, 1.807) is 18.7 Å². The molecule has 1 aromatic rings. The summed E-state index contributed by atoms with van der Waals surface area (Å²) in [6.45, 7) is 13.0. The van der Waals surface area contributed by atoms with Crippen LogP contribution in [0.3, 0.4) is 0 Å². The first-order valence-electron chi connectivity index (χ1n) is 14.5. The lowest BCUT2D eigenvalue weighted by Gasteiger charge is -2.37. The molecule has 6 heteroatoms. The van der Waals surface area contributed by atoms with Gasteiger partial charge >= 0.3 is 0 Å². The SMILES string of the molecule is C=C1CC=C(C2=CC=C(Oc3ccc4c(c3)CCC(C)=CC(CN3CCN(C(=O)C(C)(C)O)CC3)=C4)C=CC=C2)N1. The molecule has 1 saturated heterocycles. The van der Waals surface area contributed by atoms with Gasteiger partial charge in [0.2, 0.25) is 0 Å². The Hall–Kier alpha value is -3.87. The van der Waals surface area contributed by atoms with Crippen molar-refractivity contribution >= 4 is 12.0 Å². The van der Waals surface area contributed by atoms with Crippen LogP contribution < -0.4 is 10.1 Å². The molecule has 1 aromatic carbocycles. The molecule has 2 aliphatic carbocycles. The van der Waals surface area contributed by atoms with Crippen molar-refractivity contribution < 1.29 is 14.6 Å². The van der Waals surface area contributed by atoms with Crippen LogP contribution in [0, 0.1) is 0 Å². The molecule has 1 fully saturated rings. The Morgan fingerprint density at radius 1 is 1.07 bits per heavy atom. The summed E-state index contributed by atoms with van der Waals surface area (Å²) < 4.78 is 6.33. The molecular weight excluding hydrogens is 510 g/mol. The lowest BCUT2D eigenvalue weighted by molar-refractivity contribution is -0.149. The zero-order chi connectivity index (χ0) is 29.0. The molecule has 2 heterocycles. The Morgan fingerprint density at radius 2 is 1.85 bits per heavy atom. The highest BCUT2D eigenvalue weighted by Gasteiger charge is 2.31. The van der Waals surface area contributed by atoms with Gasteiger partial charge in [-0.3, -0.25) is 9.69 Å². The number of allylic oxidation sites excluding steroid dienone is 8. The monoisotopic (exact) mass is 551 g/mol. The summed E-state index contributed by atoms with van der Waals surface area (Å²) in [6.07, 6.45) is 21.7. The third kappa shape index (κ3) is 7.46.